The Balaban J connectivity index is 2.04. The van der Waals surface area contributed by atoms with Crippen molar-refractivity contribution < 1.29 is 24.1 Å². The van der Waals surface area contributed by atoms with Crippen LogP contribution in [0.1, 0.15) is 11.1 Å². The Kier molecular flexibility index (Phi) is 5.32. The molecule has 0 atom stereocenters. The number of methoxy groups -OCH3 is 1. The molecule has 0 aliphatic carbocycles. The van der Waals surface area contributed by atoms with Gasteiger partial charge in [0.15, 0.2) is 0 Å². The molecule has 5 nitrogen and oxygen atoms in total. The van der Waals surface area contributed by atoms with Crippen LogP contribution in [0.15, 0.2) is 63.7 Å². The van der Waals surface area contributed by atoms with Crippen LogP contribution in [0.5, 0.6) is 5.75 Å². The minimum Gasteiger partial charge on any atom is -0.508 e. The van der Waals surface area contributed by atoms with Crippen molar-refractivity contribution in [3.63, 3.8) is 0 Å². The maximum Gasteiger partial charge on any atom is 0.344 e. The fourth-order valence-corrected chi connectivity index (χ4v) is 3.48. The van der Waals surface area contributed by atoms with Crippen molar-refractivity contribution in [1.82, 2.24) is 0 Å². The smallest absolute Gasteiger partial charge is 0.344 e. The largest absolute Gasteiger partial charge is 0.508 e. The third-order valence-electron chi connectivity index (χ3n) is 3.86. The molecule has 0 amide bonds. The van der Waals surface area contributed by atoms with Gasteiger partial charge in [-0.05, 0) is 60.5 Å². The summed E-state index contributed by atoms with van der Waals surface area (Å²) in [6.07, 6.45) is 1.68. The molecule has 2 aromatic carbocycles. The zero-order chi connectivity index (χ0) is 19.6. The third-order valence-corrected chi connectivity index (χ3v) is 4.88. The van der Waals surface area contributed by atoms with Gasteiger partial charge in [0.2, 0.25) is 0 Å². The summed E-state index contributed by atoms with van der Waals surface area (Å²) >= 11 is 1.10. The van der Waals surface area contributed by atoms with Crippen molar-refractivity contribution >= 4 is 34.5 Å². The SMILES string of the molecule is COC(=O)C1=C(O)C(=Cc2ccc(O)c(C)c2)SC1=Nc1ccc(F)cc1. The molecule has 0 unspecified atom stereocenters. The lowest BCUT2D eigenvalue weighted by molar-refractivity contribution is -0.135. The van der Waals surface area contributed by atoms with Gasteiger partial charge in [-0.3, -0.25) is 0 Å². The van der Waals surface area contributed by atoms with E-state index in [9.17, 15) is 19.4 Å². The summed E-state index contributed by atoms with van der Waals surface area (Å²) in [7, 11) is 1.22. The first-order valence-electron chi connectivity index (χ1n) is 7.94. The van der Waals surface area contributed by atoms with E-state index in [0.717, 1.165) is 17.3 Å². The summed E-state index contributed by atoms with van der Waals surface area (Å²) in [5.41, 5.74) is 1.82. The number of phenolic OH excluding ortho intramolecular Hbond substituents is 1. The molecule has 0 aromatic heterocycles. The van der Waals surface area contributed by atoms with E-state index in [1.807, 2.05) is 0 Å². The molecule has 2 N–H and O–H groups in total. The second kappa shape index (κ2) is 7.67. The van der Waals surface area contributed by atoms with E-state index in [1.165, 1.54) is 31.4 Å². The third kappa shape index (κ3) is 4.03. The lowest BCUT2D eigenvalue weighted by Gasteiger charge is -2.02. The summed E-state index contributed by atoms with van der Waals surface area (Å²) in [5, 5.41) is 20.4. The number of carbonyl (C=O) groups excluding carboxylic acids is 1. The van der Waals surface area contributed by atoms with E-state index < -0.39 is 11.8 Å². The fourth-order valence-electron chi connectivity index (χ4n) is 2.44. The van der Waals surface area contributed by atoms with Gasteiger partial charge in [0.05, 0.1) is 17.7 Å². The minimum absolute atomic E-state index is 0.0476. The summed E-state index contributed by atoms with van der Waals surface area (Å²) in [4.78, 5) is 16.9. The van der Waals surface area contributed by atoms with Crippen molar-refractivity contribution in [2.75, 3.05) is 7.11 Å². The van der Waals surface area contributed by atoms with Crippen LogP contribution in [0.4, 0.5) is 10.1 Å². The van der Waals surface area contributed by atoms with Gasteiger partial charge >= 0.3 is 5.97 Å². The van der Waals surface area contributed by atoms with Crippen LogP contribution < -0.4 is 0 Å². The van der Waals surface area contributed by atoms with E-state index >= 15 is 0 Å². The number of aliphatic hydroxyl groups excluding tert-OH is 1. The van der Waals surface area contributed by atoms with E-state index in [4.69, 9.17) is 4.74 Å². The molecule has 0 fully saturated rings. The summed E-state index contributed by atoms with van der Waals surface area (Å²) in [6, 6.07) is 10.5. The van der Waals surface area contributed by atoms with E-state index in [-0.39, 0.29) is 22.1 Å². The predicted molar refractivity (Wildman–Crippen MR) is 104 cm³/mol. The predicted octanol–water partition coefficient (Wildman–Crippen LogP) is 4.64. The van der Waals surface area contributed by atoms with Crippen molar-refractivity contribution in [1.29, 1.82) is 0 Å². The molecule has 7 heteroatoms. The molecule has 3 rings (SSSR count). The van der Waals surface area contributed by atoms with Gasteiger partial charge in [0, 0.05) is 0 Å². The topological polar surface area (TPSA) is 79.1 Å². The first-order valence-corrected chi connectivity index (χ1v) is 8.76. The number of hydrogen-bond acceptors (Lipinski definition) is 6. The minimum atomic E-state index is -0.717. The monoisotopic (exact) mass is 385 g/mol. The van der Waals surface area contributed by atoms with Gasteiger partial charge in [-0.1, -0.05) is 17.8 Å². The number of nitrogens with zero attached hydrogens (tertiary/aromatic N) is 1. The Labute approximate surface area is 159 Å². The highest BCUT2D eigenvalue weighted by molar-refractivity contribution is 8.18. The van der Waals surface area contributed by atoms with Gasteiger partial charge in [0.1, 0.15) is 27.9 Å². The second-order valence-corrected chi connectivity index (χ2v) is 6.80. The first-order chi connectivity index (χ1) is 12.9. The van der Waals surface area contributed by atoms with Gasteiger partial charge in [-0.25, -0.2) is 14.2 Å². The molecule has 138 valence electrons. The highest BCUT2D eigenvalue weighted by Gasteiger charge is 2.32. The molecule has 1 heterocycles. The molecule has 0 saturated carbocycles. The number of ether oxygens (including phenoxy) is 1. The summed E-state index contributed by atoms with van der Waals surface area (Å²) < 4.78 is 17.8. The zero-order valence-corrected chi connectivity index (χ0v) is 15.4. The lowest BCUT2D eigenvalue weighted by atomic mass is 10.1. The van der Waals surface area contributed by atoms with E-state index in [0.29, 0.717) is 16.2 Å². The molecular formula is C20H16FNO4S. The number of aryl methyl sites for hydroxylation is 1. The van der Waals surface area contributed by atoms with Crippen LogP contribution in [0.3, 0.4) is 0 Å². The average molecular weight is 385 g/mol. The lowest BCUT2D eigenvalue weighted by Crippen LogP contribution is -2.10. The number of halogens is 1. The van der Waals surface area contributed by atoms with E-state index in [2.05, 4.69) is 4.99 Å². The van der Waals surface area contributed by atoms with Crippen LogP contribution in [0.2, 0.25) is 0 Å². The number of aliphatic imine (C=N–C) groups is 1. The van der Waals surface area contributed by atoms with Crippen molar-refractivity contribution in [2.24, 2.45) is 4.99 Å². The Bertz CT molecular complexity index is 994. The molecular weight excluding hydrogens is 369 g/mol. The van der Waals surface area contributed by atoms with Gasteiger partial charge in [-0.15, -0.1) is 0 Å². The molecule has 0 radical (unpaired) electrons. The van der Waals surface area contributed by atoms with Gasteiger partial charge in [0.25, 0.3) is 0 Å². The zero-order valence-electron chi connectivity index (χ0n) is 14.6. The van der Waals surface area contributed by atoms with Crippen LogP contribution in [-0.2, 0) is 9.53 Å². The van der Waals surface area contributed by atoms with Crippen LogP contribution in [0.25, 0.3) is 6.08 Å². The van der Waals surface area contributed by atoms with Crippen molar-refractivity contribution in [3.05, 3.63) is 75.6 Å². The standard InChI is InChI=1S/C20H16FNO4S/c1-11-9-12(3-8-15(11)23)10-16-18(24)17(20(25)26-2)19(27-16)22-14-6-4-13(21)5-7-14/h3-10,23-24H,1-2H3. The van der Waals surface area contributed by atoms with Gasteiger partial charge in [-0.2, -0.15) is 0 Å². The summed E-state index contributed by atoms with van der Waals surface area (Å²) in [5.74, 6) is -1.18. The van der Waals surface area contributed by atoms with Crippen LogP contribution in [0, 0.1) is 12.7 Å². The number of hydrogen-bond donors (Lipinski definition) is 2. The average Bonchev–Trinajstić information content (AvgIpc) is 2.94. The number of thioether (sulfide) groups is 1. The maximum atomic E-state index is 13.1. The Morgan fingerprint density at radius 1 is 1.19 bits per heavy atom. The summed E-state index contributed by atoms with van der Waals surface area (Å²) in [6.45, 7) is 1.76. The molecule has 1 aliphatic heterocycles. The quantitative estimate of drug-likeness (QED) is 0.753. The number of rotatable bonds is 3. The highest BCUT2D eigenvalue weighted by atomic mass is 32.2. The van der Waals surface area contributed by atoms with Crippen LogP contribution in [-0.4, -0.2) is 28.3 Å². The molecule has 0 saturated heterocycles. The highest BCUT2D eigenvalue weighted by Crippen LogP contribution is 2.40. The Morgan fingerprint density at radius 3 is 2.52 bits per heavy atom. The van der Waals surface area contributed by atoms with Crippen LogP contribution >= 0.6 is 11.8 Å². The Morgan fingerprint density at radius 2 is 1.89 bits per heavy atom. The number of phenols is 1. The molecule has 0 spiro atoms. The molecule has 0 bridgehead atoms. The van der Waals surface area contributed by atoms with E-state index in [1.54, 1.807) is 31.2 Å². The number of aromatic hydroxyl groups is 1. The number of esters is 1. The normalized spacial score (nSPS) is 17.0. The molecule has 1 aliphatic rings. The molecule has 2 aromatic rings. The first kappa shape index (κ1) is 18.7. The number of carbonyl (C=O) groups is 1. The number of aliphatic hydroxyl groups is 1. The molecule has 27 heavy (non-hydrogen) atoms. The van der Waals surface area contributed by atoms with Gasteiger partial charge < -0.3 is 14.9 Å². The fraction of sp³-hybridized carbons (Fsp3) is 0.100. The van der Waals surface area contributed by atoms with Crippen molar-refractivity contribution in [3.8, 4) is 5.75 Å². The van der Waals surface area contributed by atoms with Crippen molar-refractivity contribution in [2.45, 2.75) is 6.92 Å². The Hall–Kier alpha value is -3.06. The maximum absolute atomic E-state index is 13.1. The second-order valence-electron chi connectivity index (χ2n) is 5.77. The number of benzene rings is 2.